The lowest BCUT2D eigenvalue weighted by Crippen LogP contribution is -2.24. The van der Waals surface area contributed by atoms with Crippen LogP contribution in [0.2, 0.25) is 5.02 Å². The maximum Gasteiger partial charge on any atom is 0.192 e. The zero-order chi connectivity index (χ0) is 19.4. The molecule has 2 aromatic heterocycles. The number of thiocarbonyl (C=S) groups is 1. The largest absolute Gasteiger partial charge is 0.506 e. The van der Waals surface area contributed by atoms with Crippen molar-refractivity contribution in [2.75, 3.05) is 5.32 Å². The van der Waals surface area contributed by atoms with E-state index in [0.29, 0.717) is 26.3 Å². The molecule has 0 aliphatic rings. The van der Waals surface area contributed by atoms with Crippen molar-refractivity contribution >= 4 is 68.6 Å². The first-order valence-electron chi connectivity index (χ1n) is 7.71. The van der Waals surface area contributed by atoms with Crippen molar-refractivity contribution < 1.29 is 9.90 Å². The molecular weight excluding hydrogens is 422 g/mol. The molecule has 0 amide bonds. The third-order valence-electron chi connectivity index (χ3n) is 3.57. The highest BCUT2D eigenvalue weighted by molar-refractivity contribution is 7.80. The predicted molar refractivity (Wildman–Crippen MR) is 118 cm³/mol. The van der Waals surface area contributed by atoms with Crippen LogP contribution in [-0.4, -0.2) is 22.2 Å². The fourth-order valence-corrected chi connectivity index (χ4v) is 4.32. The quantitative estimate of drug-likeness (QED) is 0.218. The van der Waals surface area contributed by atoms with Gasteiger partial charge in [0.1, 0.15) is 5.75 Å². The summed E-state index contributed by atoms with van der Waals surface area (Å²) in [6.45, 7) is 1.78. The van der Waals surface area contributed by atoms with E-state index in [1.54, 1.807) is 31.2 Å². The van der Waals surface area contributed by atoms with Crippen LogP contribution in [0.5, 0.6) is 5.75 Å². The molecule has 3 rings (SSSR count). The summed E-state index contributed by atoms with van der Waals surface area (Å²) in [7, 11) is 0. The van der Waals surface area contributed by atoms with E-state index < -0.39 is 0 Å². The number of aldehydes is 1. The minimum Gasteiger partial charge on any atom is -0.506 e. The number of benzene rings is 1. The number of nitrogens with zero attached hydrogens (tertiary/aromatic N) is 1. The topological polar surface area (TPSA) is 73.7 Å². The zero-order valence-corrected chi connectivity index (χ0v) is 17.2. The highest BCUT2D eigenvalue weighted by Gasteiger charge is 2.14. The van der Waals surface area contributed by atoms with Crippen LogP contribution in [-0.2, 0) is 0 Å². The van der Waals surface area contributed by atoms with Gasteiger partial charge in [-0.15, -0.1) is 22.7 Å². The number of nitrogens with one attached hydrogen (secondary N) is 2. The molecule has 0 atom stereocenters. The molecule has 0 radical (unpaired) electrons. The van der Waals surface area contributed by atoms with Gasteiger partial charge in [-0.05, 0) is 49.0 Å². The Labute approximate surface area is 174 Å². The van der Waals surface area contributed by atoms with Crippen LogP contribution in [0.1, 0.15) is 22.2 Å². The van der Waals surface area contributed by atoms with Gasteiger partial charge in [-0.2, -0.15) is 5.10 Å². The van der Waals surface area contributed by atoms with Crippen molar-refractivity contribution in [1.29, 1.82) is 0 Å². The molecule has 0 aliphatic carbocycles. The standard InChI is InChI=1S/C18H14ClN3O2S3/c1-10(21-22-18(25)20-15-7-6-13(8-23)27-15)14-9-26-17(16(14)24)11-2-4-12(19)5-3-11/h2-9,24H,1H3,(H2,20,22,25)/b21-10+. The molecule has 27 heavy (non-hydrogen) atoms. The summed E-state index contributed by atoms with van der Waals surface area (Å²) >= 11 is 13.8. The van der Waals surface area contributed by atoms with Gasteiger partial charge in [0.25, 0.3) is 0 Å². The molecule has 2 heterocycles. The zero-order valence-electron chi connectivity index (χ0n) is 14.0. The predicted octanol–water partition coefficient (Wildman–Crippen LogP) is 5.36. The molecule has 3 N–H and O–H groups in total. The number of rotatable bonds is 5. The van der Waals surface area contributed by atoms with Gasteiger partial charge in [0, 0.05) is 10.4 Å². The first kappa shape index (κ1) is 19.5. The summed E-state index contributed by atoms with van der Waals surface area (Å²) < 4.78 is 0. The molecule has 0 spiro atoms. The molecular formula is C18H14ClN3O2S3. The minimum absolute atomic E-state index is 0.165. The summed E-state index contributed by atoms with van der Waals surface area (Å²) in [5.41, 5.74) is 4.84. The summed E-state index contributed by atoms with van der Waals surface area (Å²) in [6.07, 6.45) is 0.784. The number of halogens is 1. The average Bonchev–Trinajstić information content (AvgIpc) is 3.27. The number of hydrazone groups is 1. The van der Waals surface area contributed by atoms with Gasteiger partial charge >= 0.3 is 0 Å². The number of hydrogen-bond acceptors (Lipinski definition) is 6. The molecule has 9 heteroatoms. The molecule has 0 aliphatic heterocycles. The molecule has 0 saturated heterocycles. The Hall–Kier alpha value is -2.26. The average molecular weight is 436 g/mol. The van der Waals surface area contributed by atoms with Crippen molar-refractivity contribution in [3.8, 4) is 16.2 Å². The Kier molecular flexibility index (Phi) is 6.22. The lowest BCUT2D eigenvalue weighted by molar-refractivity contribution is 0.112. The van der Waals surface area contributed by atoms with Crippen LogP contribution in [0.15, 0.2) is 46.9 Å². The summed E-state index contributed by atoms with van der Waals surface area (Å²) in [5.74, 6) is 0.165. The van der Waals surface area contributed by atoms with Crippen LogP contribution < -0.4 is 10.7 Å². The Morgan fingerprint density at radius 2 is 2.00 bits per heavy atom. The lowest BCUT2D eigenvalue weighted by atomic mass is 10.1. The van der Waals surface area contributed by atoms with Crippen LogP contribution in [0.3, 0.4) is 0 Å². The minimum atomic E-state index is 0.165. The van der Waals surface area contributed by atoms with E-state index in [-0.39, 0.29) is 5.75 Å². The summed E-state index contributed by atoms with van der Waals surface area (Å²) in [6, 6.07) is 10.7. The highest BCUT2D eigenvalue weighted by Crippen LogP contribution is 2.39. The summed E-state index contributed by atoms with van der Waals surface area (Å²) in [4.78, 5) is 12.1. The maximum absolute atomic E-state index is 10.7. The van der Waals surface area contributed by atoms with Gasteiger partial charge in [0.15, 0.2) is 11.4 Å². The van der Waals surface area contributed by atoms with Crippen LogP contribution >= 0.6 is 46.5 Å². The third-order valence-corrected chi connectivity index (χ3v) is 5.96. The molecule has 0 fully saturated rings. The number of carbonyl (C=O) groups excluding carboxylic acids is 1. The normalized spacial score (nSPS) is 11.3. The molecule has 3 aromatic rings. The number of anilines is 1. The van der Waals surface area contributed by atoms with E-state index in [1.165, 1.54) is 22.7 Å². The number of thiophene rings is 2. The van der Waals surface area contributed by atoms with E-state index in [4.69, 9.17) is 23.8 Å². The van der Waals surface area contributed by atoms with Crippen molar-refractivity contribution in [2.24, 2.45) is 5.10 Å². The third kappa shape index (κ3) is 4.72. The van der Waals surface area contributed by atoms with E-state index in [1.807, 2.05) is 17.5 Å². The van der Waals surface area contributed by atoms with Gasteiger partial charge in [-0.3, -0.25) is 10.2 Å². The van der Waals surface area contributed by atoms with Crippen molar-refractivity contribution in [2.45, 2.75) is 6.92 Å². The van der Waals surface area contributed by atoms with Gasteiger partial charge in [0.05, 0.1) is 26.0 Å². The Bertz CT molecular complexity index is 1010. The fraction of sp³-hybridized carbons (Fsp3) is 0.0556. The second-order valence-electron chi connectivity index (χ2n) is 5.42. The van der Waals surface area contributed by atoms with Crippen LogP contribution in [0, 0.1) is 0 Å². The second-order valence-corrected chi connectivity index (χ2v) is 8.26. The fourth-order valence-electron chi connectivity index (χ4n) is 2.23. The van der Waals surface area contributed by atoms with Gasteiger partial charge in [0.2, 0.25) is 0 Å². The van der Waals surface area contributed by atoms with E-state index in [9.17, 15) is 9.90 Å². The molecule has 138 valence electrons. The van der Waals surface area contributed by atoms with Gasteiger partial charge in [-0.1, -0.05) is 23.7 Å². The van der Waals surface area contributed by atoms with Gasteiger partial charge < -0.3 is 10.4 Å². The first-order chi connectivity index (χ1) is 13.0. The smallest absolute Gasteiger partial charge is 0.192 e. The van der Waals surface area contributed by atoms with Crippen LogP contribution in [0.4, 0.5) is 5.00 Å². The SMILES string of the molecule is C/C(=N\NC(=S)Nc1ccc(C=O)s1)c1csc(-c2ccc(Cl)cc2)c1O. The maximum atomic E-state index is 10.7. The molecule has 5 nitrogen and oxygen atoms in total. The first-order valence-corrected chi connectivity index (χ1v) is 10.2. The van der Waals surface area contributed by atoms with E-state index in [0.717, 1.165) is 21.7 Å². The van der Waals surface area contributed by atoms with Crippen molar-refractivity contribution in [3.05, 3.63) is 57.2 Å². The van der Waals surface area contributed by atoms with Crippen LogP contribution in [0.25, 0.3) is 10.4 Å². The number of carbonyl (C=O) groups is 1. The molecule has 1 aromatic carbocycles. The lowest BCUT2D eigenvalue weighted by Gasteiger charge is -2.06. The Morgan fingerprint density at radius 3 is 2.67 bits per heavy atom. The summed E-state index contributed by atoms with van der Waals surface area (Å²) in [5, 5.41) is 21.2. The van der Waals surface area contributed by atoms with Crippen molar-refractivity contribution in [1.82, 2.24) is 5.43 Å². The monoisotopic (exact) mass is 435 g/mol. The van der Waals surface area contributed by atoms with E-state index >= 15 is 0 Å². The molecule has 0 bridgehead atoms. The Morgan fingerprint density at radius 1 is 1.26 bits per heavy atom. The molecule has 0 saturated carbocycles. The molecule has 0 unspecified atom stereocenters. The second kappa shape index (κ2) is 8.62. The Balaban J connectivity index is 1.69. The number of aromatic hydroxyl groups is 1. The van der Waals surface area contributed by atoms with Crippen molar-refractivity contribution in [3.63, 3.8) is 0 Å². The number of hydrogen-bond donors (Lipinski definition) is 3. The highest BCUT2D eigenvalue weighted by atomic mass is 35.5. The van der Waals surface area contributed by atoms with Gasteiger partial charge in [-0.25, -0.2) is 0 Å². The van der Waals surface area contributed by atoms with E-state index in [2.05, 4.69) is 15.8 Å².